The molecule has 0 aromatic heterocycles. The molecule has 7 N–H and O–H groups in total. The number of nitrogens with two attached hydrogens (primary N) is 2. The SMILES string of the molecule is CC(=O)N(C(=O)[C@@H](N)Cc1ccccc1)[C@](CC(C)C)(C(=O)N[C@@H](CC1CCCCC1)[C@@H](O)CC(=O)NCC(C)C)C1CS(=O)(=O)c2ccc(CN)cc21. The van der Waals surface area contributed by atoms with E-state index in [-0.39, 0.29) is 54.4 Å². The first-order chi connectivity index (χ1) is 25.5. The summed E-state index contributed by atoms with van der Waals surface area (Å²) in [5.74, 6) is -4.46. The van der Waals surface area contributed by atoms with Crippen molar-refractivity contribution in [2.24, 2.45) is 29.2 Å². The van der Waals surface area contributed by atoms with Crippen molar-refractivity contribution in [3.8, 4) is 0 Å². The van der Waals surface area contributed by atoms with Crippen molar-refractivity contribution in [2.45, 2.75) is 133 Å². The molecule has 1 heterocycles. The normalized spacial score (nSPS) is 19.7. The van der Waals surface area contributed by atoms with Crippen LogP contribution in [0.3, 0.4) is 0 Å². The summed E-state index contributed by atoms with van der Waals surface area (Å²) in [7, 11) is -3.99. The average Bonchev–Trinajstić information content (AvgIpc) is 3.40. The van der Waals surface area contributed by atoms with E-state index in [1.807, 2.05) is 58.0 Å². The second-order valence-corrected chi connectivity index (χ2v) is 18.2. The maximum absolute atomic E-state index is 15.5. The molecule has 0 bridgehead atoms. The van der Waals surface area contributed by atoms with E-state index < -0.39 is 63.0 Å². The molecule has 4 amide bonds. The molecule has 1 saturated carbocycles. The molecule has 0 radical (unpaired) electrons. The fourth-order valence-corrected chi connectivity index (χ4v) is 10.2. The summed E-state index contributed by atoms with van der Waals surface area (Å²) in [6.45, 7) is 9.29. The quantitative estimate of drug-likeness (QED) is 0.159. The van der Waals surface area contributed by atoms with Gasteiger partial charge < -0.3 is 27.2 Å². The zero-order chi connectivity index (χ0) is 39.8. The molecule has 1 aliphatic carbocycles. The minimum atomic E-state index is -3.99. The zero-order valence-electron chi connectivity index (χ0n) is 32.6. The Bertz CT molecular complexity index is 1730. The number of aliphatic hydroxyl groups excluding tert-OH is 1. The summed E-state index contributed by atoms with van der Waals surface area (Å²) in [6, 6.07) is 11.6. The summed E-state index contributed by atoms with van der Waals surface area (Å²) in [6.07, 6.45) is 3.61. The van der Waals surface area contributed by atoms with Crippen molar-refractivity contribution in [1.82, 2.24) is 15.5 Å². The van der Waals surface area contributed by atoms with Crippen LogP contribution in [-0.4, -0.2) is 78.1 Å². The number of nitrogens with zero attached hydrogens (tertiary/aromatic N) is 1. The highest BCUT2D eigenvalue weighted by atomic mass is 32.2. The minimum Gasteiger partial charge on any atom is -0.390 e. The second kappa shape index (κ2) is 18.8. The first kappa shape index (κ1) is 43.1. The number of carbonyl (C=O) groups is 4. The predicted molar refractivity (Wildman–Crippen MR) is 209 cm³/mol. The smallest absolute Gasteiger partial charge is 0.247 e. The highest BCUT2D eigenvalue weighted by Crippen LogP contribution is 2.48. The van der Waals surface area contributed by atoms with Crippen LogP contribution in [0.15, 0.2) is 53.4 Å². The number of fused-ring (bicyclic) bond motifs is 1. The molecular weight excluding hydrogens is 707 g/mol. The fourth-order valence-electron chi connectivity index (χ4n) is 8.30. The van der Waals surface area contributed by atoms with Gasteiger partial charge in [0.05, 0.1) is 35.3 Å². The van der Waals surface area contributed by atoms with Crippen LogP contribution >= 0.6 is 0 Å². The molecule has 5 atom stereocenters. The Kier molecular flexibility index (Phi) is 15.0. The molecular formula is C41H61N5O7S. The van der Waals surface area contributed by atoms with Crippen molar-refractivity contribution < 1.29 is 32.7 Å². The molecule has 1 fully saturated rings. The number of carbonyl (C=O) groups excluding carboxylic acids is 4. The Balaban J connectivity index is 1.90. The molecule has 54 heavy (non-hydrogen) atoms. The van der Waals surface area contributed by atoms with Gasteiger partial charge in [0.15, 0.2) is 9.84 Å². The lowest BCUT2D eigenvalue weighted by Gasteiger charge is -2.47. The fraction of sp³-hybridized carbons (Fsp3) is 0.610. The van der Waals surface area contributed by atoms with Gasteiger partial charge in [-0.15, -0.1) is 0 Å². The van der Waals surface area contributed by atoms with Crippen molar-refractivity contribution in [3.05, 3.63) is 65.2 Å². The third-order valence-corrected chi connectivity index (χ3v) is 12.7. The van der Waals surface area contributed by atoms with E-state index in [1.165, 1.54) is 13.0 Å². The Morgan fingerprint density at radius 3 is 2.22 bits per heavy atom. The van der Waals surface area contributed by atoms with Gasteiger partial charge in [-0.25, -0.2) is 8.42 Å². The molecule has 2 aromatic rings. The van der Waals surface area contributed by atoms with Crippen molar-refractivity contribution in [3.63, 3.8) is 0 Å². The van der Waals surface area contributed by atoms with Gasteiger partial charge in [0.1, 0.15) is 5.54 Å². The number of nitrogens with one attached hydrogen (secondary N) is 2. The van der Waals surface area contributed by atoms with Gasteiger partial charge in [-0.2, -0.15) is 0 Å². The van der Waals surface area contributed by atoms with E-state index in [1.54, 1.807) is 12.1 Å². The van der Waals surface area contributed by atoms with E-state index in [0.29, 0.717) is 24.1 Å². The van der Waals surface area contributed by atoms with Crippen molar-refractivity contribution >= 4 is 33.5 Å². The third kappa shape index (κ3) is 10.3. The summed E-state index contributed by atoms with van der Waals surface area (Å²) in [5.41, 5.74) is 12.2. The van der Waals surface area contributed by atoms with Crippen LogP contribution < -0.4 is 22.1 Å². The van der Waals surface area contributed by atoms with E-state index in [2.05, 4.69) is 10.6 Å². The summed E-state index contributed by atoms with van der Waals surface area (Å²) in [4.78, 5) is 58.2. The van der Waals surface area contributed by atoms with Crippen LogP contribution in [0.2, 0.25) is 0 Å². The van der Waals surface area contributed by atoms with Crippen LogP contribution in [-0.2, 0) is 42.0 Å². The van der Waals surface area contributed by atoms with Gasteiger partial charge in [-0.05, 0) is 59.8 Å². The number of hydrogen-bond acceptors (Lipinski definition) is 9. The Labute approximate surface area is 321 Å². The monoisotopic (exact) mass is 767 g/mol. The molecule has 298 valence electrons. The van der Waals surface area contributed by atoms with Gasteiger partial charge in [0.2, 0.25) is 23.6 Å². The number of benzene rings is 2. The topological polar surface area (TPSA) is 202 Å². The van der Waals surface area contributed by atoms with Crippen molar-refractivity contribution in [2.75, 3.05) is 12.3 Å². The van der Waals surface area contributed by atoms with Crippen LogP contribution in [0, 0.1) is 17.8 Å². The standard InChI is InChI=1S/C41H61N5O7S/c1-26(2)22-41(33-25-54(52,53)37-17-16-31(23-42)18-32(33)37,46(28(5)47)39(50)34(43)19-29-12-8-6-9-13-29)40(51)45-35(20-30-14-10-7-11-15-30)36(48)21-38(49)44-24-27(3)4/h6,8-9,12-13,16-18,26-27,30,33-36,48H,7,10-11,14-15,19-25,42-43H2,1-5H3,(H,44,49)(H,45,51)/t33?,34-,35-,36-,41-/m0/s1. The summed E-state index contributed by atoms with van der Waals surface area (Å²) in [5, 5.41) is 17.6. The van der Waals surface area contributed by atoms with E-state index in [0.717, 1.165) is 42.6 Å². The second-order valence-electron chi connectivity index (χ2n) is 16.2. The Morgan fingerprint density at radius 1 is 0.963 bits per heavy atom. The number of amides is 4. The van der Waals surface area contributed by atoms with E-state index >= 15 is 4.79 Å². The van der Waals surface area contributed by atoms with E-state index in [4.69, 9.17) is 11.5 Å². The average molecular weight is 768 g/mol. The zero-order valence-corrected chi connectivity index (χ0v) is 33.4. The van der Waals surface area contributed by atoms with Crippen LogP contribution in [0.5, 0.6) is 0 Å². The molecule has 4 rings (SSSR count). The number of hydrogen-bond donors (Lipinski definition) is 5. The molecule has 13 heteroatoms. The molecule has 2 aromatic carbocycles. The van der Waals surface area contributed by atoms with Gasteiger partial charge in [-0.1, -0.05) is 102 Å². The molecule has 0 saturated heterocycles. The van der Waals surface area contributed by atoms with Crippen LogP contribution in [0.1, 0.15) is 109 Å². The maximum atomic E-state index is 15.5. The number of imide groups is 1. The molecule has 1 unspecified atom stereocenters. The third-order valence-electron chi connectivity index (χ3n) is 10.8. The van der Waals surface area contributed by atoms with E-state index in [9.17, 15) is 27.9 Å². The lowest BCUT2D eigenvalue weighted by atomic mass is 9.72. The van der Waals surface area contributed by atoms with Gasteiger partial charge >= 0.3 is 0 Å². The Hall–Kier alpha value is -3.65. The lowest BCUT2D eigenvalue weighted by Crippen LogP contribution is -2.69. The van der Waals surface area contributed by atoms with Gasteiger partial charge in [0.25, 0.3) is 0 Å². The minimum absolute atomic E-state index is 0.00998. The highest BCUT2D eigenvalue weighted by molar-refractivity contribution is 7.91. The summed E-state index contributed by atoms with van der Waals surface area (Å²) < 4.78 is 27.8. The first-order valence-corrected chi connectivity index (χ1v) is 21.1. The lowest BCUT2D eigenvalue weighted by molar-refractivity contribution is -0.162. The summed E-state index contributed by atoms with van der Waals surface area (Å²) >= 11 is 0. The van der Waals surface area contributed by atoms with Crippen molar-refractivity contribution in [1.29, 1.82) is 0 Å². The molecule has 1 aliphatic heterocycles. The first-order valence-electron chi connectivity index (χ1n) is 19.5. The molecule has 12 nitrogen and oxygen atoms in total. The van der Waals surface area contributed by atoms with Crippen LogP contribution in [0.25, 0.3) is 0 Å². The number of sulfone groups is 1. The largest absolute Gasteiger partial charge is 0.390 e. The van der Waals surface area contributed by atoms with Gasteiger partial charge in [0, 0.05) is 25.9 Å². The Morgan fingerprint density at radius 2 is 1.63 bits per heavy atom. The molecule has 0 spiro atoms. The highest BCUT2D eigenvalue weighted by Gasteiger charge is 2.59. The number of rotatable bonds is 17. The number of aliphatic hydroxyl groups is 1. The van der Waals surface area contributed by atoms with Gasteiger partial charge in [-0.3, -0.25) is 24.1 Å². The maximum Gasteiger partial charge on any atom is 0.247 e. The van der Waals surface area contributed by atoms with Crippen LogP contribution in [0.4, 0.5) is 0 Å². The molecule has 2 aliphatic rings. The predicted octanol–water partition coefficient (Wildman–Crippen LogP) is 3.72.